The molecule has 2 nitrogen and oxygen atoms in total. The van der Waals surface area contributed by atoms with Crippen molar-refractivity contribution in [3.05, 3.63) is 71.0 Å². The molecule has 0 aliphatic heterocycles. The van der Waals surface area contributed by atoms with Crippen molar-refractivity contribution >= 4 is 5.91 Å². The number of amides is 1. The van der Waals surface area contributed by atoms with Gasteiger partial charge in [-0.1, -0.05) is 18.2 Å². The summed E-state index contributed by atoms with van der Waals surface area (Å²) in [6.07, 6.45) is 0.754. The van der Waals surface area contributed by atoms with Crippen molar-refractivity contribution in [3.8, 4) is 0 Å². The minimum atomic E-state index is -0.929. The molecule has 1 atom stereocenters. The van der Waals surface area contributed by atoms with E-state index in [1.54, 1.807) is 26.1 Å². The number of nitrogens with zero attached hydrogens (tertiary/aromatic N) is 1. The fourth-order valence-electron chi connectivity index (χ4n) is 2.29. The van der Waals surface area contributed by atoms with Crippen molar-refractivity contribution in [3.63, 3.8) is 0 Å². The molecule has 0 aliphatic rings. The molecule has 0 aromatic heterocycles. The van der Waals surface area contributed by atoms with Crippen LogP contribution in [0.15, 0.2) is 42.5 Å². The lowest BCUT2D eigenvalue weighted by Crippen LogP contribution is -2.29. The van der Waals surface area contributed by atoms with Crippen LogP contribution in [0.1, 0.15) is 30.5 Å². The number of hydrogen-bond acceptors (Lipinski definition) is 1. The van der Waals surface area contributed by atoms with Crippen LogP contribution in [0.2, 0.25) is 0 Å². The van der Waals surface area contributed by atoms with E-state index in [-0.39, 0.29) is 24.2 Å². The summed E-state index contributed by atoms with van der Waals surface area (Å²) in [7, 11) is 1.62. The van der Waals surface area contributed by atoms with E-state index in [9.17, 15) is 18.0 Å². The van der Waals surface area contributed by atoms with Crippen molar-refractivity contribution in [2.24, 2.45) is 0 Å². The van der Waals surface area contributed by atoms with E-state index < -0.39 is 11.6 Å². The van der Waals surface area contributed by atoms with E-state index in [0.717, 1.165) is 17.7 Å². The minimum absolute atomic E-state index is 0.119. The number of hydrogen-bond donors (Lipinski definition) is 0. The van der Waals surface area contributed by atoms with Gasteiger partial charge in [0.25, 0.3) is 0 Å². The molecule has 0 fully saturated rings. The summed E-state index contributed by atoms with van der Waals surface area (Å²) in [5.74, 6) is -2.27. The van der Waals surface area contributed by atoms with Crippen molar-refractivity contribution in [1.29, 1.82) is 0 Å². The Balaban J connectivity index is 1.97. The molecular weight excluding hydrogens is 303 g/mol. The molecule has 0 saturated heterocycles. The Morgan fingerprint density at radius 2 is 1.70 bits per heavy atom. The van der Waals surface area contributed by atoms with Crippen LogP contribution in [0.4, 0.5) is 13.2 Å². The first-order valence-corrected chi connectivity index (χ1v) is 7.33. The van der Waals surface area contributed by atoms with E-state index in [4.69, 9.17) is 0 Å². The maximum atomic E-state index is 13.3. The van der Waals surface area contributed by atoms with E-state index >= 15 is 0 Å². The zero-order valence-electron chi connectivity index (χ0n) is 13.0. The van der Waals surface area contributed by atoms with Crippen LogP contribution < -0.4 is 0 Å². The predicted octanol–water partition coefficient (Wildman–Crippen LogP) is 4.26. The molecule has 0 heterocycles. The van der Waals surface area contributed by atoms with Crippen molar-refractivity contribution < 1.29 is 18.0 Å². The van der Waals surface area contributed by atoms with Crippen LogP contribution in [0.5, 0.6) is 0 Å². The largest absolute Gasteiger partial charge is 0.339 e. The van der Waals surface area contributed by atoms with Gasteiger partial charge in [-0.25, -0.2) is 13.2 Å². The Morgan fingerprint density at radius 3 is 2.30 bits per heavy atom. The minimum Gasteiger partial charge on any atom is -0.339 e. The lowest BCUT2D eigenvalue weighted by molar-refractivity contribution is -0.131. The molecule has 2 aromatic carbocycles. The third-order valence-corrected chi connectivity index (χ3v) is 3.94. The van der Waals surface area contributed by atoms with Gasteiger partial charge in [-0.3, -0.25) is 4.79 Å². The van der Waals surface area contributed by atoms with Crippen LogP contribution >= 0.6 is 0 Å². The number of benzene rings is 2. The number of halogens is 3. The lowest BCUT2D eigenvalue weighted by atomic mass is 10.1. The monoisotopic (exact) mass is 321 g/mol. The van der Waals surface area contributed by atoms with Crippen LogP contribution in [-0.4, -0.2) is 17.9 Å². The van der Waals surface area contributed by atoms with Gasteiger partial charge >= 0.3 is 0 Å². The standard InChI is InChI=1S/C18H18F3NO/c1-12(14-6-9-16(20)17(21)11-14)22(2)18(23)10-5-13-3-7-15(19)8-4-13/h3-4,6-9,11-12H,5,10H2,1-2H3. The van der Waals surface area contributed by atoms with Gasteiger partial charge < -0.3 is 4.90 Å². The fourth-order valence-corrected chi connectivity index (χ4v) is 2.29. The average molecular weight is 321 g/mol. The van der Waals surface area contributed by atoms with Gasteiger partial charge in [-0.2, -0.15) is 0 Å². The molecule has 5 heteroatoms. The third kappa shape index (κ3) is 4.34. The molecule has 0 spiro atoms. The highest BCUT2D eigenvalue weighted by molar-refractivity contribution is 5.76. The van der Waals surface area contributed by atoms with E-state index in [1.807, 2.05) is 0 Å². The van der Waals surface area contributed by atoms with Crippen molar-refractivity contribution in [1.82, 2.24) is 4.90 Å². The van der Waals surface area contributed by atoms with Crippen LogP contribution in [0.25, 0.3) is 0 Å². The topological polar surface area (TPSA) is 20.3 Å². The van der Waals surface area contributed by atoms with Gasteiger partial charge in [-0.05, 0) is 48.7 Å². The second-order valence-corrected chi connectivity index (χ2v) is 5.48. The summed E-state index contributed by atoms with van der Waals surface area (Å²) in [4.78, 5) is 13.7. The molecule has 2 aromatic rings. The summed E-state index contributed by atoms with van der Waals surface area (Å²) in [5.41, 5.74) is 1.40. The second kappa shape index (κ2) is 7.31. The first kappa shape index (κ1) is 17.1. The van der Waals surface area contributed by atoms with Gasteiger partial charge in [0.2, 0.25) is 5.91 Å². The Hall–Kier alpha value is -2.30. The van der Waals surface area contributed by atoms with Gasteiger partial charge in [0, 0.05) is 13.5 Å². The number of rotatable bonds is 5. The van der Waals surface area contributed by atoms with Crippen LogP contribution in [-0.2, 0) is 11.2 Å². The van der Waals surface area contributed by atoms with Crippen molar-refractivity contribution in [2.75, 3.05) is 7.05 Å². The van der Waals surface area contributed by atoms with Gasteiger partial charge in [-0.15, -0.1) is 0 Å². The van der Waals surface area contributed by atoms with E-state index in [1.165, 1.54) is 23.1 Å². The lowest BCUT2D eigenvalue weighted by Gasteiger charge is -2.25. The Morgan fingerprint density at radius 1 is 1.04 bits per heavy atom. The molecular formula is C18H18F3NO. The van der Waals surface area contributed by atoms with Crippen LogP contribution in [0, 0.1) is 17.5 Å². The van der Waals surface area contributed by atoms with E-state index in [2.05, 4.69) is 0 Å². The molecule has 0 radical (unpaired) electrons. The molecule has 122 valence electrons. The summed E-state index contributed by atoms with van der Waals surface area (Å²) in [6.45, 7) is 1.75. The Bertz CT molecular complexity index is 685. The highest BCUT2D eigenvalue weighted by atomic mass is 19.2. The number of aryl methyl sites for hydroxylation is 1. The number of carbonyl (C=O) groups is 1. The molecule has 23 heavy (non-hydrogen) atoms. The molecule has 0 saturated carbocycles. The molecule has 2 rings (SSSR count). The first-order chi connectivity index (χ1) is 10.9. The van der Waals surface area contributed by atoms with Gasteiger partial charge in [0.15, 0.2) is 11.6 Å². The van der Waals surface area contributed by atoms with Gasteiger partial charge in [0.1, 0.15) is 5.82 Å². The Labute approximate surface area is 133 Å². The smallest absolute Gasteiger partial charge is 0.223 e. The summed E-state index contributed by atoms with van der Waals surface area (Å²) < 4.78 is 39.1. The molecule has 1 amide bonds. The molecule has 0 N–H and O–H groups in total. The maximum absolute atomic E-state index is 13.3. The number of carbonyl (C=O) groups excluding carboxylic acids is 1. The first-order valence-electron chi connectivity index (χ1n) is 7.33. The zero-order chi connectivity index (χ0) is 17.0. The maximum Gasteiger partial charge on any atom is 0.223 e. The average Bonchev–Trinajstić information content (AvgIpc) is 2.55. The van der Waals surface area contributed by atoms with Crippen molar-refractivity contribution in [2.45, 2.75) is 25.8 Å². The molecule has 0 bridgehead atoms. The molecule has 0 aliphatic carbocycles. The highest BCUT2D eigenvalue weighted by Crippen LogP contribution is 2.21. The predicted molar refractivity (Wildman–Crippen MR) is 82.3 cm³/mol. The van der Waals surface area contributed by atoms with Crippen LogP contribution in [0.3, 0.4) is 0 Å². The normalized spacial score (nSPS) is 12.0. The second-order valence-electron chi connectivity index (χ2n) is 5.48. The SMILES string of the molecule is CC(c1ccc(F)c(F)c1)N(C)C(=O)CCc1ccc(F)cc1. The quantitative estimate of drug-likeness (QED) is 0.806. The Kier molecular flexibility index (Phi) is 5.42. The third-order valence-electron chi connectivity index (χ3n) is 3.94. The summed E-state index contributed by atoms with van der Waals surface area (Å²) >= 11 is 0. The summed E-state index contributed by atoms with van der Waals surface area (Å²) in [5, 5.41) is 0. The summed E-state index contributed by atoms with van der Waals surface area (Å²) in [6, 6.07) is 9.24. The van der Waals surface area contributed by atoms with Gasteiger partial charge in [0.05, 0.1) is 6.04 Å². The molecule has 1 unspecified atom stereocenters. The van der Waals surface area contributed by atoms with E-state index in [0.29, 0.717) is 12.0 Å². The highest BCUT2D eigenvalue weighted by Gasteiger charge is 2.18. The zero-order valence-corrected chi connectivity index (χ0v) is 13.0. The fraction of sp³-hybridized carbons (Fsp3) is 0.278.